The Balaban J connectivity index is 2.43. The van der Waals surface area contributed by atoms with Crippen LogP contribution in [0.15, 0.2) is 29.3 Å². The van der Waals surface area contributed by atoms with Gasteiger partial charge in [-0.25, -0.2) is 0 Å². The fraction of sp³-hybridized carbons (Fsp3) is 0.588. The normalized spacial score (nSPS) is 13.0. The first-order valence-corrected chi connectivity index (χ1v) is 11.7. The van der Waals surface area contributed by atoms with Crippen LogP contribution in [-0.2, 0) is 7.05 Å². The summed E-state index contributed by atoms with van der Waals surface area (Å²) < 4.78 is 1.95. The second-order valence-electron chi connectivity index (χ2n) is 6.91. The summed E-state index contributed by atoms with van der Waals surface area (Å²) in [7, 11) is 0.545. The van der Waals surface area contributed by atoms with Gasteiger partial charge in [-0.1, -0.05) is 41.5 Å². The van der Waals surface area contributed by atoms with Gasteiger partial charge in [-0.3, -0.25) is 4.68 Å². The summed E-state index contributed by atoms with van der Waals surface area (Å²) in [6.45, 7) is 14.5. The SMILES string of the molecule is CC(C)[Si](Sc1ccc2c(cnn2C)c1)(C(C)C)C(C)C. The molecule has 21 heavy (non-hydrogen) atoms. The van der Waals surface area contributed by atoms with Crippen LogP contribution in [0.25, 0.3) is 10.9 Å². The largest absolute Gasteiger partial charge is 0.268 e. The lowest BCUT2D eigenvalue weighted by Crippen LogP contribution is -2.40. The highest BCUT2D eigenvalue weighted by Gasteiger charge is 2.44. The minimum Gasteiger partial charge on any atom is -0.268 e. The fourth-order valence-electron chi connectivity index (χ4n) is 3.76. The molecule has 2 aromatic rings. The number of nitrogens with zero attached hydrogens (tertiary/aromatic N) is 2. The van der Waals surface area contributed by atoms with Crippen LogP contribution in [0.1, 0.15) is 41.5 Å². The molecule has 0 N–H and O–H groups in total. The second kappa shape index (κ2) is 6.17. The van der Waals surface area contributed by atoms with Crippen LogP contribution in [0.4, 0.5) is 0 Å². The van der Waals surface area contributed by atoms with Crippen molar-refractivity contribution in [1.82, 2.24) is 9.78 Å². The molecule has 1 aromatic heterocycles. The Labute approximate surface area is 134 Å². The number of rotatable bonds is 5. The monoisotopic (exact) mass is 320 g/mol. The molecule has 0 radical (unpaired) electrons. The van der Waals surface area contributed by atoms with Crippen LogP contribution >= 0.6 is 11.2 Å². The Morgan fingerprint density at radius 2 is 1.57 bits per heavy atom. The van der Waals surface area contributed by atoms with Gasteiger partial charge in [0.05, 0.1) is 11.7 Å². The predicted molar refractivity (Wildman–Crippen MR) is 97.6 cm³/mol. The summed E-state index contributed by atoms with van der Waals surface area (Å²) in [5.41, 5.74) is 3.52. The van der Waals surface area contributed by atoms with Crippen molar-refractivity contribution in [2.24, 2.45) is 7.05 Å². The van der Waals surface area contributed by atoms with Gasteiger partial charge in [-0.2, -0.15) is 16.3 Å². The zero-order chi connectivity index (χ0) is 15.8. The third kappa shape index (κ3) is 2.93. The maximum atomic E-state index is 4.36. The molecule has 0 saturated heterocycles. The van der Waals surface area contributed by atoms with Crippen LogP contribution in [0, 0.1) is 0 Å². The molecule has 0 aliphatic carbocycles. The molecule has 1 heterocycles. The van der Waals surface area contributed by atoms with Crippen molar-refractivity contribution in [3.05, 3.63) is 24.4 Å². The molecule has 0 unspecified atom stereocenters. The first-order chi connectivity index (χ1) is 9.79. The summed E-state index contributed by atoms with van der Waals surface area (Å²) in [6, 6.07) is 6.82. The van der Waals surface area contributed by atoms with Crippen molar-refractivity contribution in [2.45, 2.75) is 63.1 Å². The number of hydrogen-bond acceptors (Lipinski definition) is 2. The van der Waals surface area contributed by atoms with Gasteiger partial charge < -0.3 is 0 Å². The molecule has 116 valence electrons. The average molecular weight is 321 g/mol. The number of aryl methyl sites for hydroxylation is 1. The zero-order valence-corrected chi connectivity index (χ0v) is 16.2. The summed E-state index contributed by atoms with van der Waals surface area (Å²) in [5.74, 6) is 0. The van der Waals surface area contributed by atoms with Crippen molar-refractivity contribution in [2.75, 3.05) is 0 Å². The molecule has 0 bridgehead atoms. The van der Waals surface area contributed by atoms with E-state index in [4.69, 9.17) is 0 Å². The van der Waals surface area contributed by atoms with Gasteiger partial charge in [0, 0.05) is 17.3 Å². The minimum absolute atomic E-state index is 0.770. The van der Waals surface area contributed by atoms with Crippen LogP contribution < -0.4 is 0 Å². The van der Waals surface area contributed by atoms with Gasteiger partial charge in [0.2, 0.25) is 0 Å². The molecule has 0 atom stereocenters. The van der Waals surface area contributed by atoms with Gasteiger partial charge in [0.15, 0.2) is 0 Å². The Kier molecular flexibility index (Phi) is 4.88. The first kappa shape index (κ1) is 16.6. The van der Waals surface area contributed by atoms with E-state index in [-0.39, 0.29) is 0 Å². The Morgan fingerprint density at radius 3 is 2.10 bits per heavy atom. The third-order valence-corrected chi connectivity index (χ3v) is 17.0. The van der Waals surface area contributed by atoms with E-state index in [1.54, 1.807) is 0 Å². The van der Waals surface area contributed by atoms with E-state index in [2.05, 4.69) is 76.1 Å². The standard InChI is InChI=1S/C17H28N2SSi/c1-12(2)21(13(3)4,14(5)6)20-16-8-9-17-15(10-16)11-18-19(17)7/h8-14H,1-7H3. The molecule has 0 aliphatic rings. The summed E-state index contributed by atoms with van der Waals surface area (Å²) in [6.07, 6.45) is 1.97. The number of fused-ring (bicyclic) bond motifs is 1. The van der Waals surface area contributed by atoms with Crippen molar-refractivity contribution >= 4 is 29.3 Å². The molecule has 1 aromatic carbocycles. The molecule has 0 saturated carbocycles. The molecular formula is C17H28N2SSi. The zero-order valence-electron chi connectivity index (χ0n) is 14.3. The number of hydrogen-bond donors (Lipinski definition) is 0. The highest BCUT2D eigenvalue weighted by Crippen LogP contribution is 2.52. The quantitative estimate of drug-likeness (QED) is 0.644. The van der Waals surface area contributed by atoms with E-state index in [1.165, 1.54) is 15.8 Å². The van der Waals surface area contributed by atoms with Crippen molar-refractivity contribution in [3.8, 4) is 0 Å². The van der Waals surface area contributed by atoms with E-state index in [0.29, 0.717) is 0 Å². The lowest BCUT2D eigenvalue weighted by atomic mass is 10.3. The average Bonchev–Trinajstić information content (AvgIpc) is 2.76. The molecule has 4 heteroatoms. The van der Waals surface area contributed by atoms with Gasteiger partial charge in [-0.15, -0.1) is 0 Å². The summed E-state index contributed by atoms with van der Waals surface area (Å²) >= 11 is 2.19. The molecule has 0 spiro atoms. The smallest absolute Gasteiger partial charge is 0.131 e. The molecule has 0 fully saturated rings. The highest BCUT2D eigenvalue weighted by atomic mass is 32.4. The van der Waals surface area contributed by atoms with Crippen LogP contribution in [0.5, 0.6) is 0 Å². The molecule has 2 rings (SSSR count). The topological polar surface area (TPSA) is 17.8 Å². The molecule has 0 amide bonds. The van der Waals surface area contributed by atoms with Crippen molar-refractivity contribution < 1.29 is 0 Å². The van der Waals surface area contributed by atoms with E-state index in [9.17, 15) is 0 Å². The van der Waals surface area contributed by atoms with E-state index < -0.39 is 7.22 Å². The predicted octanol–water partition coefficient (Wildman–Crippen LogP) is 5.84. The summed E-state index contributed by atoms with van der Waals surface area (Å²) in [4.78, 5) is 1.42. The number of benzene rings is 1. The number of aromatic nitrogens is 2. The lowest BCUT2D eigenvalue weighted by molar-refractivity contribution is 0.797. The van der Waals surface area contributed by atoms with Crippen LogP contribution in [0.2, 0.25) is 16.6 Å². The second-order valence-corrected chi connectivity index (χ2v) is 15.5. The first-order valence-electron chi connectivity index (χ1n) is 7.89. The maximum Gasteiger partial charge on any atom is 0.131 e. The lowest BCUT2D eigenvalue weighted by Gasteiger charge is -2.42. The summed E-state index contributed by atoms with van der Waals surface area (Å²) in [5, 5.41) is 5.61. The Morgan fingerprint density at radius 1 is 1.00 bits per heavy atom. The fourth-order valence-corrected chi connectivity index (χ4v) is 12.9. The maximum absolute atomic E-state index is 4.36. The third-order valence-electron chi connectivity index (χ3n) is 4.72. The van der Waals surface area contributed by atoms with Crippen molar-refractivity contribution in [1.29, 1.82) is 0 Å². The van der Waals surface area contributed by atoms with Crippen LogP contribution in [-0.4, -0.2) is 17.0 Å². The molecule has 2 nitrogen and oxygen atoms in total. The van der Waals surface area contributed by atoms with E-state index in [0.717, 1.165) is 16.6 Å². The Hall–Kier alpha value is -0.743. The van der Waals surface area contributed by atoms with Crippen molar-refractivity contribution in [3.63, 3.8) is 0 Å². The molecule has 0 aliphatic heterocycles. The highest BCUT2D eigenvalue weighted by molar-refractivity contribution is 8.29. The van der Waals surface area contributed by atoms with Gasteiger partial charge >= 0.3 is 0 Å². The van der Waals surface area contributed by atoms with Gasteiger partial charge in [0.25, 0.3) is 0 Å². The van der Waals surface area contributed by atoms with E-state index in [1.807, 2.05) is 17.9 Å². The molecular weight excluding hydrogens is 292 g/mol. The van der Waals surface area contributed by atoms with Gasteiger partial charge in [-0.05, 0) is 34.8 Å². The van der Waals surface area contributed by atoms with Gasteiger partial charge in [0.1, 0.15) is 7.22 Å². The Bertz CT molecular complexity index is 595. The van der Waals surface area contributed by atoms with Crippen LogP contribution in [0.3, 0.4) is 0 Å². The minimum atomic E-state index is -1.46. The van der Waals surface area contributed by atoms with E-state index >= 15 is 0 Å².